The number of hydrogen-bond acceptors (Lipinski definition) is 9. The molecule has 2 aromatic heterocycles. The normalized spacial score (nSPS) is 24.0. The Bertz CT molecular complexity index is 1490. The summed E-state index contributed by atoms with van der Waals surface area (Å²) in [7, 11) is 2.16. The smallest absolute Gasteiger partial charge is 0.410 e. The molecule has 43 heavy (non-hydrogen) atoms. The van der Waals surface area contributed by atoms with Gasteiger partial charge in [0.2, 0.25) is 0 Å². The molecule has 2 bridgehead atoms. The van der Waals surface area contributed by atoms with Crippen LogP contribution in [0.5, 0.6) is 6.01 Å². The fourth-order valence-corrected chi connectivity index (χ4v) is 7.32. The first-order chi connectivity index (χ1) is 20.7. The molecule has 0 N–H and O–H groups in total. The van der Waals surface area contributed by atoms with E-state index in [0.717, 1.165) is 74.4 Å². The van der Waals surface area contributed by atoms with Crippen molar-refractivity contribution < 1.29 is 14.3 Å². The Balaban J connectivity index is 1.18. The van der Waals surface area contributed by atoms with Crippen LogP contribution < -0.4 is 14.5 Å². The maximum atomic E-state index is 13.1. The van der Waals surface area contributed by atoms with Crippen LogP contribution in [0.25, 0.3) is 10.8 Å². The highest BCUT2D eigenvalue weighted by Crippen LogP contribution is 2.38. The van der Waals surface area contributed by atoms with Crippen LogP contribution in [0.3, 0.4) is 0 Å². The second-order valence-corrected chi connectivity index (χ2v) is 13.6. The Hall–Kier alpha value is -3.66. The molecule has 1 aromatic carbocycles. The monoisotopic (exact) mass is 585 g/mol. The summed E-state index contributed by atoms with van der Waals surface area (Å²) in [5, 5.41) is 2.34. The Labute approximate surface area is 254 Å². The molecule has 10 heteroatoms. The number of anilines is 2. The first-order valence-corrected chi connectivity index (χ1v) is 15.8. The van der Waals surface area contributed by atoms with Crippen LogP contribution in [-0.4, -0.2) is 94.4 Å². The van der Waals surface area contributed by atoms with E-state index in [2.05, 4.69) is 51.0 Å². The van der Waals surface area contributed by atoms with Crippen molar-refractivity contribution in [2.45, 2.75) is 83.1 Å². The minimum atomic E-state index is -0.509. The minimum Gasteiger partial charge on any atom is -0.462 e. The number of aromatic nitrogens is 3. The molecule has 10 nitrogen and oxygen atoms in total. The Morgan fingerprint density at radius 3 is 2.53 bits per heavy atom. The zero-order valence-electron chi connectivity index (χ0n) is 25.8. The summed E-state index contributed by atoms with van der Waals surface area (Å²) in [6, 6.07) is 9.47. The van der Waals surface area contributed by atoms with Gasteiger partial charge < -0.3 is 24.2 Å². The lowest BCUT2D eigenvalue weighted by Crippen LogP contribution is -2.57. The van der Waals surface area contributed by atoms with Crippen molar-refractivity contribution in [3.05, 3.63) is 47.9 Å². The molecule has 1 amide bonds. The van der Waals surface area contributed by atoms with Crippen molar-refractivity contribution in [2.24, 2.45) is 0 Å². The number of hydrogen-bond donors (Lipinski definition) is 0. The van der Waals surface area contributed by atoms with Gasteiger partial charge in [-0.2, -0.15) is 9.97 Å². The number of pyridine rings is 1. The third-order valence-electron chi connectivity index (χ3n) is 9.47. The predicted molar refractivity (Wildman–Crippen MR) is 167 cm³/mol. The number of benzene rings is 1. The van der Waals surface area contributed by atoms with E-state index in [1.807, 2.05) is 38.1 Å². The average Bonchev–Trinajstić information content (AvgIpc) is 3.52. The standard InChI is InChI=1S/C33H43N7O3/c1-33(2,3)43-32(41)40-23-11-12-24(40)19-39(18-23)30-27-13-15-38(29-17-34-16-22-8-5-6-10-26(22)29)20-28(27)35-31(36-30)42-21-25-9-7-14-37(25)4/h5-6,8,10,16-17,23-25H,7,9,11-15,18-21H2,1-4H3/t23?,24?,25-/m0/s1. The minimum absolute atomic E-state index is 0.109. The molecular formula is C33H43N7O3. The summed E-state index contributed by atoms with van der Waals surface area (Å²) in [6.07, 6.45) is 8.81. The van der Waals surface area contributed by atoms with Crippen molar-refractivity contribution in [1.29, 1.82) is 0 Å². The first kappa shape index (κ1) is 28.1. The lowest BCUT2D eigenvalue weighted by Gasteiger charge is -2.43. The van der Waals surface area contributed by atoms with Crippen LogP contribution in [-0.2, 0) is 17.7 Å². The number of piperazine rings is 1. The zero-order valence-corrected chi connectivity index (χ0v) is 25.8. The van der Waals surface area contributed by atoms with Gasteiger partial charge in [-0.1, -0.05) is 24.3 Å². The van der Waals surface area contributed by atoms with Crippen LogP contribution >= 0.6 is 0 Å². The number of carbonyl (C=O) groups excluding carboxylic acids is 1. The average molecular weight is 586 g/mol. The predicted octanol–water partition coefficient (Wildman–Crippen LogP) is 4.65. The van der Waals surface area contributed by atoms with E-state index in [9.17, 15) is 4.79 Å². The van der Waals surface area contributed by atoms with Crippen molar-refractivity contribution in [1.82, 2.24) is 24.8 Å². The van der Waals surface area contributed by atoms with Gasteiger partial charge in [0, 0.05) is 48.2 Å². The van der Waals surface area contributed by atoms with Crippen LogP contribution in [0.15, 0.2) is 36.7 Å². The summed E-state index contributed by atoms with van der Waals surface area (Å²) in [5.41, 5.74) is 2.83. The van der Waals surface area contributed by atoms with Crippen molar-refractivity contribution in [3.63, 3.8) is 0 Å². The van der Waals surface area contributed by atoms with Crippen LogP contribution in [0.2, 0.25) is 0 Å². The van der Waals surface area contributed by atoms with Gasteiger partial charge in [-0.25, -0.2) is 4.79 Å². The summed E-state index contributed by atoms with van der Waals surface area (Å²) >= 11 is 0. The molecule has 0 aliphatic carbocycles. The number of likely N-dealkylation sites (tertiary alicyclic amines) is 1. The molecule has 3 saturated heterocycles. The van der Waals surface area contributed by atoms with Gasteiger partial charge in [-0.3, -0.25) is 9.88 Å². The van der Waals surface area contributed by atoms with Gasteiger partial charge in [0.1, 0.15) is 18.0 Å². The van der Waals surface area contributed by atoms with E-state index in [4.69, 9.17) is 19.4 Å². The largest absolute Gasteiger partial charge is 0.462 e. The molecule has 4 aliphatic rings. The van der Waals surface area contributed by atoms with Crippen molar-refractivity contribution >= 4 is 28.4 Å². The van der Waals surface area contributed by atoms with Gasteiger partial charge in [0.25, 0.3) is 0 Å². The summed E-state index contributed by atoms with van der Waals surface area (Å²) in [4.78, 5) is 36.9. The van der Waals surface area contributed by atoms with E-state index < -0.39 is 5.60 Å². The topological polar surface area (TPSA) is 87.2 Å². The molecule has 3 atom stereocenters. The van der Waals surface area contributed by atoms with E-state index >= 15 is 0 Å². The maximum Gasteiger partial charge on any atom is 0.410 e. The summed E-state index contributed by atoms with van der Waals surface area (Å²) < 4.78 is 12.1. The van der Waals surface area contributed by atoms with Gasteiger partial charge in [0.15, 0.2) is 0 Å². The zero-order chi connectivity index (χ0) is 29.7. The molecule has 0 spiro atoms. The van der Waals surface area contributed by atoms with Gasteiger partial charge >= 0.3 is 12.1 Å². The summed E-state index contributed by atoms with van der Waals surface area (Å²) in [6.45, 7) is 10.5. The lowest BCUT2D eigenvalue weighted by molar-refractivity contribution is 0.0122. The fraction of sp³-hybridized carbons (Fsp3) is 0.576. The number of fused-ring (bicyclic) bond motifs is 4. The number of rotatable bonds is 5. The highest BCUT2D eigenvalue weighted by molar-refractivity contribution is 5.93. The number of likely N-dealkylation sites (N-methyl/N-ethyl adjacent to an activating group) is 1. The molecule has 7 rings (SSSR count). The Morgan fingerprint density at radius 1 is 1.00 bits per heavy atom. The number of nitrogens with zero attached hydrogens (tertiary/aromatic N) is 7. The molecule has 4 aliphatic heterocycles. The lowest BCUT2D eigenvalue weighted by atomic mass is 10.0. The molecule has 2 unspecified atom stereocenters. The fourth-order valence-electron chi connectivity index (χ4n) is 7.32. The molecule has 0 saturated carbocycles. The van der Waals surface area contributed by atoms with E-state index in [1.54, 1.807) is 0 Å². The first-order valence-electron chi connectivity index (χ1n) is 15.8. The number of ether oxygens (including phenoxy) is 2. The molecule has 0 radical (unpaired) electrons. The van der Waals surface area contributed by atoms with Gasteiger partial charge in [-0.15, -0.1) is 0 Å². The highest BCUT2D eigenvalue weighted by Gasteiger charge is 2.45. The Kier molecular flexibility index (Phi) is 7.27. The van der Waals surface area contributed by atoms with Gasteiger partial charge in [0.05, 0.1) is 36.2 Å². The van der Waals surface area contributed by atoms with E-state index in [0.29, 0.717) is 25.2 Å². The molecule has 3 aromatic rings. The quantitative estimate of drug-likeness (QED) is 0.425. The molecular weight excluding hydrogens is 542 g/mol. The highest BCUT2D eigenvalue weighted by atomic mass is 16.6. The second kappa shape index (κ2) is 11.1. The number of carbonyl (C=O) groups is 1. The third kappa shape index (κ3) is 5.57. The van der Waals surface area contributed by atoms with Crippen LogP contribution in [0.4, 0.5) is 16.3 Å². The van der Waals surface area contributed by atoms with E-state index in [-0.39, 0.29) is 18.2 Å². The van der Waals surface area contributed by atoms with Crippen LogP contribution in [0, 0.1) is 0 Å². The van der Waals surface area contributed by atoms with Crippen molar-refractivity contribution in [3.8, 4) is 6.01 Å². The number of amides is 1. The molecule has 228 valence electrons. The summed E-state index contributed by atoms with van der Waals surface area (Å²) in [5.74, 6) is 0.969. The van der Waals surface area contributed by atoms with Crippen molar-refractivity contribution in [2.75, 3.05) is 49.6 Å². The molecule has 3 fully saturated rings. The molecule has 6 heterocycles. The van der Waals surface area contributed by atoms with E-state index in [1.165, 1.54) is 17.4 Å². The second-order valence-electron chi connectivity index (χ2n) is 13.6. The Morgan fingerprint density at radius 2 is 1.79 bits per heavy atom. The SMILES string of the molecule is CN1CCC[C@H]1COc1nc2c(c(N3CC4CCC(C3)N4C(=O)OC(C)(C)C)n1)CCN(c1cncc3ccccc13)C2. The third-order valence-corrected chi connectivity index (χ3v) is 9.47. The maximum absolute atomic E-state index is 13.1. The van der Waals surface area contributed by atoms with Gasteiger partial charge in [-0.05, 0) is 66.5 Å². The van der Waals surface area contributed by atoms with Crippen LogP contribution in [0.1, 0.15) is 57.7 Å².